The summed E-state index contributed by atoms with van der Waals surface area (Å²) in [4.78, 5) is 11.7. The van der Waals surface area contributed by atoms with Gasteiger partial charge < -0.3 is 5.11 Å². The van der Waals surface area contributed by atoms with Crippen molar-refractivity contribution in [2.45, 2.75) is 24.3 Å². The van der Waals surface area contributed by atoms with Crippen LogP contribution in [0.2, 0.25) is 5.02 Å². The number of benzene rings is 2. The molecule has 0 saturated carbocycles. The number of sulfonamides is 1. The summed E-state index contributed by atoms with van der Waals surface area (Å²) >= 11 is 6.07. The number of carboxylic acids is 1. The van der Waals surface area contributed by atoms with Gasteiger partial charge in [0.25, 0.3) is 0 Å². The zero-order valence-corrected chi connectivity index (χ0v) is 14.9. The van der Waals surface area contributed by atoms with Gasteiger partial charge in [-0.25, -0.2) is 8.42 Å². The number of nitrogens with zero attached hydrogens (tertiary/aromatic N) is 1. The number of carbonyl (C=O) groups is 1. The summed E-state index contributed by atoms with van der Waals surface area (Å²) in [6.07, 6.45) is -0.0173. The van der Waals surface area contributed by atoms with Gasteiger partial charge in [-0.15, -0.1) is 0 Å². The molecule has 0 heterocycles. The monoisotopic (exact) mass is 367 g/mol. The smallest absolute Gasteiger partial charge is 0.322 e. The Kier molecular flexibility index (Phi) is 5.64. The third-order valence-corrected chi connectivity index (χ3v) is 6.04. The normalized spacial score (nSPS) is 13.0. The van der Waals surface area contributed by atoms with Crippen LogP contribution in [0.25, 0.3) is 0 Å². The minimum atomic E-state index is -3.92. The number of hydrogen-bond acceptors (Lipinski definition) is 3. The van der Waals surface area contributed by atoms with E-state index in [2.05, 4.69) is 0 Å². The van der Waals surface area contributed by atoms with E-state index in [-0.39, 0.29) is 11.3 Å². The van der Waals surface area contributed by atoms with Crippen molar-refractivity contribution in [3.05, 3.63) is 64.7 Å². The highest BCUT2D eigenvalue weighted by molar-refractivity contribution is 7.89. The first kappa shape index (κ1) is 18.4. The lowest BCUT2D eigenvalue weighted by molar-refractivity contribution is -0.141. The average molecular weight is 368 g/mol. The average Bonchev–Trinajstić information content (AvgIpc) is 2.53. The molecular weight excluding hydrogens is 350 g/mol. The predicted molar refractivity (Wildman–Crippen MR) is 92.7 cm³/mol. The van der Waals surface area contributed by atoms with E-state index in [1.165, 1.54) is 19.2 Å². The topological polar surface area (TPSA) is 74.7 Å². The van der Waals surface area contributed by atoms with Crippen LogP contribution in [0.4, 0.5) is 0 Å². The number of likely N-dealkylation sites (N-methyl/N-ethyl adjacent to an activating group) is 1. The number of aliphatic carboxylic acids is 1. The van der Waals surface area contributed by atoms with Crippen LogP contribution in [0.3, 0.4) is 0 Å². The Hall–Kier alpha value is -1.89. The van der Waals surface area contributed by atoms with Crippen LogP contribution < -0.4 is 0 Å². The van der Waals surface area contributed by atoms with Crippen molar-refractivity contribution >= 4 is 27.6 Å². The number of halogens is 1. The van der Waals surface area contributed by atoms with Crippen molar-refractivity contribution in [3.8, 4) is 0 Å². The van der Waals surface area contributed by atoms with Gasteiger partial charge >= 0.3 is 5.97 Å². The van der Waals surface area contributed by atoms with Gasteiger partial charge in [0.15, 0.2) is 0 Å². The molecule has 0 spiro atoms. The van der Waals surface area contributed by atoms with E-state index < -0.39 is 22.0 Å². The van der Waals surface area contributed by atoms with Crippen molar-refractivity contribution in [2.24, 2.45) is 0 Å². The van der Waals surface area contributed by atoms with Crippen LogP contribution in [0, 0.1) is 6.92 Å². The van der Waals surface area contributed by atoms with Gasteiger partial charge in [0.2, 0.25) is 10.0 Å². The van der Waals surface area contributed by atoms with Gasteiger partial charge in [0.05, 0.1) is 4.90 Å². The lowest BCUT2D eigenvalue weighted by Crippen LogP contribution is -2.43. The first-order chi connectivity index (χ1) is 11.2. The Morgan fingerprint density at radius 2 is 1.75 bits per heavy atom. The van der Waals surface area contributed by atoms with Crippen molar-refractivity contribution in [3.63, 3.8) is 0 Å². The zero-order valence-electron chi connectivity index (χ0n) is 13.3. The Morgan fingerprint density at radius 1 is 1.17 bits per heavy atom. The Labute approximate surface area is 146 Å². The molecule has 0 aromatic heterocycles. The van der Waals surface area contributed by atoms with Crippen LogP contribution in [0.1, 0.15) is 11.1 Å². The van der Waals surface area contributed by atoms with E-state index in [1.54, 1.807) is 36.4 Å². The Morgan fingerprint density at radius 3 is 2.29 bits per heavy atom. The molecule has 24 heavy (non-hydrogen) atoms. The zero-order chi connectivity index (χ0) is 17.9. The second-order valence-corrected chi connectivity index (χ2v) is 7.89. The van der Waals surface area contributed by atoms with Crippen molar-refractivity contribution in [1.29, 1.82) is 0 Å². The van der Waals surface area contributed by atoms with E-state index in [0.29, 0.717) is 10.6 Å². The molecule has 0 aliphatic rings. The largest absolute Gasteiger partial charge is 0.480 e. The second kappa shape index (κ2) is 7.34. The molecule has 0 unspecified atom stereocenters. The molecule has 0 radical (unpaired) electrons. The fourth-order valence-electron chi connectivity index (χ4n) is 2.29. The summed E-state index contributed by atoms with van der Waals surface area (Å²) in [6.45, 7) is 1.84. The molecule has 2 aromatic rings. The molecule has 0 saturated heterocycles. The summed E-state index contributed by atoms with van der Waals surface area (Å²) in [5.41, 5.74) is 1.50. The molecule has 0 fully saturated rings. The minimum absolute atomic E-state index is 0.0173. The molecule has 2 rings (SSSR count). The highest BCUT2D eigenvalue weighted by Gasteiger charge is 2.33. The van der Waals surface area contributed by atoms with Crippen molar-refractivity contribution < 1.29 is 18.3 Å². The molecule has 0 aliphatic carbocycles. The molecule has 1 atom stereocenters. The van der Waals surface area contributed by atoms with Gasteiger partial charge in [-0.2, -0.15) is 4.31 Å². The van der Waals surface area contributed by atoms with Gasteiger partial charge in [-0.3, -0.25) is 4.79 Å². The second-order valence-electron chi connectivity index (χ2n) is 5.48. The van der Waals surface area contributed by atoms with E-state index >= 15 is 0 Å². The molecule has 0 amide bonds. The summed E-state index contributed by atoms with van der Waals surface area (Å²) in [5.74, 6) is -1.23. The van der Waals surface area contributed by atoms with Crippen LogP contribution in [0.15, 0.2) is 53.4 Å². The third kappa shape index (κ3) is 3.95. The maximum absolute atomic E-state index is 12.7. The number of aryl methyl sites for hydroxylation is 1. The van der Waals surface area contributed by atoms with Crippen LogP contribution in [-0.4, -0.2) is 36.9 Å². The SMILES string of the molecule is Cc1ccc(S(=O)(=O)N(C)[C@H](Cc2ccccc2Cl)C(=O)O)cc1. The van der Waals surface area contributed by atoms with Gasteiger partial charge in [0, 0.05) is 18.5 Å². The molecule has 2 aromatic carbocycles. The molecule has 0 bridgehead atoms. The lowest BCUT2D eigenvalue weighted by Gasteiger charge is -2.24. The van der Waals surface area contributed by atoms with Crippen LogP contribution >= 0.6 is 11.6 Å². The highest BCUT2D eigenvalue weighted by Crippen LogP contribution is 2.22. The summed E-state index contributed by atoms with van der Waals surface area (Å²) in [5, 5.41) is 9.91. The number of carboxylic acid groups (broad SMARTS) is 1. The third-order valence-electron chi connectivity index (χ3n) is 3.79. The fourth-order valence-corrected chi connectivity index (χ4v) is 3.81. The summed E-state index contributed by atoms with van der Waals surface area (Å²) < 4.78 is 26.3. The molecule has 1 N–H and O–H groups in total. The van der Waals surface area contributed by atoms with Crippen LogP contribution in [-0.2, 0) is 21.2 Å². The molecular formula is C17H18ClNO4S. The van der Waals surface area contributed by atoms with Gasteiger partial charge in [0.1, 0.15) is 6.04 Å². The summed E-state index contributed by atoms with van der Waals surface area (Å²) in [7, 11) is -2.65. The fraction of sp³-hybridized carbons (Fsp3) is 0.235. The predicted octanol–water partition coefficient (Wildman–Crippen LogP) is 2.96. The van der Waals surface area contributed by atoms with Gasteiger partial charge in [-0.05, 0) is 30.7 Å². The molecule has 7 heteroatoms. The standard InChI is InChI=1S/C17H18ClNO4S/c1-12-7-9-14(10-8-12)24(22,23)19(2)16(17(20)21)11-13-5-3-4-6-15(13)18/h3-10,16H,11H2,1-2H3,(H,20,21)/t16-/m1/s1. The minimum Gasteiger partial charge on any atom is -0.480 e. The van der Waals surface area contributed by atoms with Gasteiger partial charge in [-0.1, -0.05) is 47.5 Å². The number of rotatable bonds is 6. The van der Waals surface area contributed by atoms with E-state index in [4.69, 9.17) is 11.6 Å². The maximum Gasteiger partial charge on any atom is 0.322 e. The van der Waals surface area contributed by atoms with E-state index in [1.807, 2.05) is 6.92 Å². The molecule has 5 nitrogen and oxygen atoms in total. The van der Waals surface area contributed by atoms with Crippen molar-refractivity contribution in [1.82, 2.24) is 4.31 Å². The molecule has 128 valence electrons. The molecule has 0 aliphatic heterocycles. The maximum atomic E-state index is 12.7. The number of hydrogen-bond donors (Lipinski definition) is 1. The highest BCUT2D eigenvalue weighted by atomic mass is 35.5. The van der Waals surface area contributed by atoms with E-state index in [9.17, 15) is 18.3 Å². The lowest BCUT2D eigenvalue weighted by atomic mass is 10.1. The Balaban J connectivity index is 2.35. The van der Waals surface area contributed by atoms with Crippen molar-refractivity contribution in [2.75, 3.05) is 7.05 Å². The quantitative estimate of drug-likeness (QED) is 0.851. The summed E-state index contributed by atoms with van der Waals surface area (Å²) in [6, 6.07) is 11.8. The Bertz CT molecular complexity index is 834. The first-order valence-corrected chi connectivity index (χ1v) is 9.06. The van der Waals surface area contributed by atoms with E-state index in [0.717, 1.165) is 9.87 Å². The first-order valence-electron chi connectivity index (χ1n) is 7.24. The van der Waals surface area contributed by atoms with Crippen LogP contribution in [0.5, 0.6) is 0 Å².